The fourth-order valence-corrected chi connectivity index (χ4v) is 2.32. The van der Waals surface area contributed by atoms with Crippen LogP contribution in [0.1, 0.15) is 6.92 Å². The third kappa shape index (κ3) is 3.74. The smallest absolute Gasteiger partial charge is 0.256 e. The lowest BCUT2D eigenvalue weighted by Gasteiger charge is -1.99. The number of halogens is 1. The van der Waals surface area contributed by atoms with Gasteiger partial charge >= 0.3 is 0 Å². The average molecular weight is 317 g/mol. The van der Waals surface area contributed by atoms with Crippen molar-refractivity contribution in [1.29, 1.82) is 5.26 Å². The topological polar surface area (TPSA) is 92.9 Å². The molecular weight excluding hydrogens is 305 g/mol. The quantitative estimate of drug-likeness (QED) is 0.518. The van der Waals surface area contributed by atoms with Crippen LogP contribution in [0.15, 0.2) is 51.4 Å². The molecule has 112 valence electrons. The van der Waals surface area contributed by atoms with E-state index in [1.165, 1.54) is 25.3 Å². The Morgan fingerprint density at radius 1 is 1.45 bits per heavy atom. The normalized spacial score (nSPS) is 11.7. The van der Waals surface area contributed by atoms with Crippen LogP contribution in [0.5, 0.6) is 0 Å². The summed E-state index contributed by atoms with van der Waals surface area (Å²) in [6.45, 7) is 1.50. The molecule has 0 aliphatic rings. The maximum Gasteiger partial charge on any atom is 0.256 e. The lowest BCUT2D eigenvalue weighted by molar-refractivity contribution is -0.112. The molecule has 0 fully saturated rings. The van der Waals surface area contributed by atoms with Gasteiger partial charge in [0, 0.05) is 11.3 Å². The highest BCUT2D eigenvalue weighted by atomic mass is 32.2. The Labute approximate surface area is 130 Å². The van der Waals surface area contributed by atoms with Crippen LogP contribution in [0.3, 0.4) is 0 Å². The molecule has 0 radical (unpaired) electrons. The number of carbonyl (C=O) groups is 1. The van der Waals surface area contributed by atoms with Crippen molar-refractivity contribution in [3.05, 3.63) is 47.5 Å². The van der Waals surface area contributed by atoms with Crippen molar-refractivity contribution in [3.63, 3.8) is 0 Å². The molecule has 1 aromatic carbocycles. The predicted octanol–water partition coefficient (Wildman–Crippen LogP) is 2.90. The van der Waals surface area contributed by atoms with E-state index in [1.54, 1.807) is 18.2 Å². The summed E-state index contributed by atoms with van der Waals surface area (Å²) in [5, 5.41) is 9.14. The van der Waals surface area contributed by atoms with Gasteiger partial charge < -0.3 is 10.2 Å². The van der Waals surface area contributed by atoms with Crippen LogP contribution in [-0.4, -0.2) is 16.5 Å². The van der Waals surface area contributed by atoms with E-state index in [9.17, 15) is 9.18 Å². The van der Waals surface area contributed by atoms with Crippen LogP contribution >= 0.6 is 11.8 Å². The van der Waals surface area contributed by atoms with E-state index < -0.39 is 0 Å². The Hall–Kier alpha value is -2.59. The van der Waals surface area contributed by atoms with Gasteiger partial charge in [-0.05, 0) is 31.2 Å². The molecule has 22 heavy (non-hydrogen) atoms. The monoisotopic (exact) mass is 317 g/mol. The third-order valence-electron chi connectivity index (χ3n) is 2.72. The minimum atomic E-state index is -0.381. The van der Waals surface area contributed by atoms with E-state index in [0.29, 0.717) is 16.5 Å². The van der Waals surface area contributed by atoms with Crippen molar-refractivity contribution in [2.45, 2.75) is 12.1 Å². The molecule has 0 aliphatic carbocycles. The number of hydrogen-bond acceptors (Lipinski definition) is 6. The van der Waals surface area contributed by atoms with Gasteiger partial charge in [-0.25, -0.2) is 9.37 Å². The zero-order chi connectivity index (χ0) is 16.1. The summed E-state index contributed by atoms with van der Waals surface area (Å²) in [6, 6.07) is 7.57. The van der Waals surface area contributed by atoms with E-state index in [0.717, 1.165) is 11.8 Å². The fraction of sp³-hybridized carbons (Fsp3) is 0.133. The summed E-state index contributed by atoms with van der Waals surface area (Å²) in [4.78, 5) is 15.8. The molecule has 0 saturated carbocycles. The number of allylic oxidation sites excluding steroid dienone is 2. The van der Waals surface area contributed by atoms with Gasteiger partial charge in [-0.2, -0.15) is 5.26 Å². The van der Waals surface area contributed by atoms with Gasteiger partial charge in [0.1, 0.15) is 17.5 Å². The van der Waals surface area contributed by atoms with Gasteiger partial charge in [0.05, 0.1) is 11.9 Å². The van der Waals surface area contributed by atoms with E-state index in [4.69, 9.17) is 15.4 Å². The Bertz CT molecular complexity index is 756. The van der Waals surface area contributed by atoms with Gasteiger partial charge in [-0.15, -0.1) is 0 Å². The Morgan fingerprint density at radius 2 is 2.14 bits per heavy atom. The second-order valence-electron chi connectivity index (χ2n) is 4.38. The summed E-state index contributed by atoms with van der Waals surface area (Å²) < 4.78 is 18.3. The Morgan fingerprint density at radius 3 is 2.73 bits per heavy atom. The molecule has 0 unspecified atom stereocenters. The zero-order valence-electron chi connectivity index (χ0n) is 11.7. The van der Waals surface area contributed by atoms with Gasteiger partial charge in [0.15, 0.2) is 11.5 Å². The van der Waals surface area contributed by atoms with Crippen molar-refractivity contribution >= 4 is 17.5 Å². The summed E-state index contributed by atoms with van der Waals surface area (Å²) in [6.07, 6.45) is 1.50. The number of nitrogens with two attached hydrogens (primary N) is 1. The van der Waals surface area contributed by atoms with Crippen molar-refractivity contribution in [2.24, 2.45) is 5.73 Å². The number of hydrogen-bond donors (Lipinski definition) is 1. The van der Waals surface area contributed by atoms with Crippen molar-refractivity contribution in [3.8, 4) is 17.4 Å². The van der Waals surface area contributed by atoms with E-state index in [1.807, 2.05) is 0 Å². The number of nitriles is 1. The number of thioether (sulfide) groups is 1. The Balaban J connectivity index is 2.04. The summed E-state index contributed by atoms with van der Waals surface area (Å²) in [5.74, 6) is -0.243. The van der Waals surface area contributed by atoms with Gasteiger partial charge in [-0.1, -0.05) is 11.8 Å². The van der Waals surface area contributed by atoms with Crippen molar-refractivity contribution in [1.82, 2.24) is 4.98 Å². The first-order chi connectivity index (χ1) is 10.5. The molecule has 1 aromatic heterocycles. The van der Waals surface area contributed by atoms with Crippen LogP contribution in [0.2, 0.25) is 0 Å². The number of carbonyl (C=O) groups excluding carboxylic acids is 1. The van der Waals surface area contributed by atoms with Gasteiger partial charge in [0.2, 0.25) is 0 Å². The van der Waals surface area contributed by atoms with E-state index >= 15 is 0 Å². The highest BCUT2D eigenvalue weighted by Gasteiger charge is 2.14. The summed E-state index contributed by atoms with van der Waals surface area (Å²) >= 11 is 1.07. The summed E-state index contributed by atoms with van der Waals surface area (Å²) in [7, 11) is 0. The summed E-state index contributed by atoms with van der Waals surface area (Å²) in [5.41, 5.74) is 6.28. The standard InChI is InChI=1S/C15H12FN3O2S/c1-9(18)12(6-17)13(20)8-22-15-19-7-14(21-15)10-2-4-11(16)5-3-10/h2-5,7H,8,18H2,1H3. The van der Waals surface area contributed by atoms with E-state index in [2.05, 4.69) is 4.98 Å². The largest absolute Gasteiger partial charge is 0.431 e. The number of oxazole rings is 1. The zero-order valence-corrected chi connectivity index (χ0v) is 12.5. The molecule has 0 atom stereocenters. The molecule has 2 rings (SSSR count). The van der Waals surface area contributed by atoms with Crippen LogP contribution in [0.25, 0.3) is 11.3 Å². The lowest BCUT2D eigenvalue weighted by Crippen LogP contribution is -2.10. The lowest BCUT2D eigenvalue weighted by atomic mass is 10.2. The maximum atomic E-state index is 12.9. The first-order valence-electron chi connectivity index (χ1n) is 6.25. The molecule has 7 heteroatoms. The predicted molar refractivity (Wildman–Crippen MR) is 80.1 cm³/mol. The third-order valence-corrected chi connectivity index (χ3v) is 3.57. The fourth-order valence-electron chi connectivity index (χ4n) is 1.64. The minimum absolute atomic E-state index is 0.000798. The van der Waals surface area contributed by atoms with Crippen LogP contribution in [0.4, 0.5) is 4.39 Å². The second kappa shape index (κ2) is 6.91. The first kappa shape index (κ1) is 15.8. The average Bonchev–Trinajstić information content (AvgIpc) is 2.95. The first-order valence-corrected chi connectivity index (χ1v) is 7.24. The number of ketones is 1. The number of rotatable bonds is 5. The van der Waals surface area contributed by atoms with E-state index in [-0.39, 0.29) is 28.6 Å². The van der Waals surface area contributed by atoms with Gasteiger partial charge in [0.25, 0.3) is 5.22 Å². The SMILES string of the molecule is CC(N)=C(C#N)C(=O)CSc1ncc(-c2ccc(F)cc2)o1. The molecule has 0 saturated heterocycles. The Kier molecular flexibility index (Phi) is 4.96. The van der Waals surface area contributed by atoms with Crippen LogP contribution < -0.4 is 5.73 Å². The van der Waals surface area contributed by atoms with Crippen LogP contribution in [0, 0.1) is 17.1 Å². The molecule has 5 nitrogen and oxygen atoms in total. The number of aromatic nitrogens is 1. The molecule has 0 spiro atoms. The molecule has 2 aromatic rings. The maximum absolute atomic E-state index is 12.9. The molecule has 0 amide bonds. The van der Waals surface area contributed by atoms with Gasteiger partial charge in [-0.3, -0.25) is 4.79 Å². The second-order valence-corrected chi connectivity index (χ2v) is 5.31. The molecule has 0 bridgehead atoms. The number of Topliss-reactive ketones (excluding diaryl/α,β-unsaturated/α-hetero) is 1. The number of benzene rings is 1. The molecule has 1 heterocycles. The van der Waals surface area contributed by atoms with Crippen LogP contribution in [-0.2, 0) is 4.79 Å². The van der Waals surface area contributed by atoms with Crippen molar-refractivity contribution in [2.75, 3.05) is 5.75 Å². The highest BCUT2D eigenvalue weighted by Crippen LogP contribution is 2.26. The highest BCUT2D eigenvalue weighted by molar-refractivity contribution is 7.99. The molecule has 2 N–H and O–H groups in total. The van der Waals surface area contributed by atoms with Crippen molar-refractivity contribution < 1.29 is 13.6 Å². The molecule has 0 aliphatic heterocycles. The minimum Gasteiger partial charge on any atom is -0.431 e. The number of nitrogens with zero attached hydrogens (tertiary/aromatic N) is 2. The molecular formula is C15H12FN3O2S.